The molecule has 0 aliphatic rings. The van der Waals surface area contributed by atoms with Crippen molar-refractivity contribution in [1.29, 1.82) is 0 Å². The van der Waals surface area contributed by atoms with Gasteiger partial charge in [-0.1, -0.05) is 12.1 Å². The van der Waals surface area contributed by atoms with Gasteiger partial charge in [0.25, 0.3) is 0 Å². The van der Waals surface area contributed by atoms with Crippen LogP contribution in [0.5, 0.6) is 0 Å². The van der Waals surface area contributed by atoms with Crippen LogP contribution in [0, 0.1) is 0 Å². The molecule has 4 heterocycles. The van der Waals surface area contributed by atoms with Crippen LogP contribution < -0.4 is 0 Å². The first-order valence-electron chi connectivity index (χ1n) is 10.1. The summed E-state index contributed by atoms with van der Waals surface area (Å²) in [4.78, 5) is 16.5. The molecular formula is C20H16F6N6O3S. The van der Waals surface area contributed by atoms with Crippen LogP contribution >= 0.6 is 0 Å². The summed E-state index contributed by atoms with van der Waals surface area (Å²) in [5, 5.41) is 2.98. The number of aromatic nitrogens is 5. The lowest BCUT2D eigenvalue weighted by molar-refractivity contribution is -0.173. The molecule has 9 nitrogen and oxygen atoms in total. The quantitative estimate of drug-likeness (QED) is 0.210. The highest BCUT2D eigenvalue weighted by molar-refractivity contribution is 7.91. The highest BCUT2D eigenvalue weighted by Gasteiger charge is 2.33. The molecule has 0 atom stereocenters. The largest absolute Gasteiger partial charge is 0.425 e. The Labute approximate surface area is 199 Å². The summed E-state index contributed by atoms with van der Waals surface area (Å²) < 4.78 is 104. The Bertz CT molecular complexity index is 1590. The molecule has 0 fully saturated rings. The van der Waals surface area contributed by atoms with E-state index in [2.05, 4.69) is 24.9 Å². The predicted octanol–water partition coefficient (Wildman–Crippen LogP) is 4.01. The van der Waals surface area contributed by atoms with E-state index in [9.17, 15) is 34.8 Å². The minimum Gasteiger partial charge on any atom is -0.386 e. The van der Waals surface area contributed by atoms with Crippen LogP contribution in [0.3, 0.4) is 0 Å². The van der Waals surface area contributed by atoms with E-state index in [0.29, 0.717) is 6.20 Å². The molecule has 0 aromatic carbocycles. The molecule has 0 aliphatic carbocycles. The number of fused-ring (bicyclic) bond motifs is 2. The molecule has 4 rings (SSSR count). The molecule has 0 bridgehead atoms. The first kappa shape index (κ1) is 25.4. The van der Waals surface area contributed by atoms with E-state index < -0.39 is 34.4 Å². The Balaban J connectivity index is 1.86. The molecule has 0 saturated carbocycles. The van der Waals surface area contributed by atoms with Crippen LogP contribution in [0.15, 0.2) is 40.8 Å². The van der Waals surface area contributed by atoms with Crippen LogP contribution in [-0.4, -0.2) is 57.1 Å². The highest BCUT2D eigenvalue weighted by atomic mass is 32.2. The van der Waals surface area contributed by atoms with Gasteiger partial charge < -0.3 is 9.40 Å². The number of sulfone groups is 1. The van der Waals surface area contributed by atoms with E-state index in [1.165, 1.54) is 41.3 Å². The zero-order valence-corrected chi connectivity index (χ0v) is 19.3. The standard InChI is InChI=1S/C20H16F6N6O3S/c1-3-36(33,34)18-15(17-29-13-7-12(20(24,25)26)9-27-16(13)31(17)2)30-14-6-11(4-5-32(14)18)8-28-35-10-19(21,22)23/h4-9H,3,10H2,1-2H3/b28-8+. The zero-order chi connectivity index (χ0) is 26.5. The summed E-state index contributed by atoms with van der Waals surface area (Å²) in [6, 6.07) is 3.52. The number of rotatable bonds is 6. The molecule has 4 aromatic heterocycles. The van der Waals surface area contributed by atoms with Gasteiger partial charge in [-0.15, -0.1) is 0 Å². The number of imidazole rings is 2. The number of aryl methyl sites for hydroxylation is 1. The Morgan fingerprint density at radius 2 is 1.86 bits per heavy atom. The lowest BCUT2D eigenvalue weighted by Gasteiger charge is -2.06. The van der Waals surface area contributed by atoms with Gasteiger partial charge in [0.2, 0.25) is 6.61 Å². The van der Waals surface area contributed by atoms with Crippen LogP contribution in [0.25, 0.3) is 28.3 Å². The minimum atomic E-state index is -4.65. The van der Waals surface area contributed by atoms with Gasteiger partial charge in [-0.25, -0.2) is 23.4 Å². The fourth-order valence-corrected chi connectivity index (χ4v) is 4.51. The van der Waals surface area contributed by atoms with Gasteiger partial charge in [-0.05, 0) is 18.2 Å². The van der Waals surface area contributed by atoms with Crippen molar-refractivity contribution >= 4 is 32.9 Å². The number of nitrogens with zero attached hydrogens (tertiary/aromatic N) is 6. The molecule has 0 radical (unpaired) electrons. The van der Waals surface area contributed by atoms with Crippen molar-refractivity contribution in [3.8, 4) is 11.5 Å². The number of oxime groups is 1. The molecule has 0 N–H and O–H groups in total. The van der Waals surface area contributed by atoms with E-state index in [4.69, 9.17) is 0 Å². The van der Waals surface area contributed by atoms with E-state index in [1.54, 1.807) is 0 Å². The Morgan fingerprint density at radius 3 is 2.50 bits per heavy atom. The van der Waals surface area contributed by atoms with Gasteiger partial charge in [0.15, 0.2) is 26.3 Å². The monoisotopic (exact) mass is 534 g/mol. The maximum absolute atomic E-state index is 13.1. The molecule has 16 heteroatoms. The van der Waals surface area contributed by atoms with E-state index >= 15 is 0 Å². The lowest BCUT2D eigenvalue weighted by atomic mass is 10.2. The predicted molar refractivity (Wildman–Crippen MR) is 115 cm³/mol. The molecule has 36 heavy (non-hydrogen) atoms. The molecule has 0 unspecified atom stereocenters. The first-order chi connectivity index (χ1) is 16.7. The highest BCUT2D eigenvalue weighted by Crippen LogP contribution is 2.33. The van der Waals surface area contributed by atoms with Crippen molar-refractivity contribution in [2.45, 2.75) is 24.3 Å². The topological polar surface area (TPSA) is 104 Å². The smallest absolute Gasteiger partial charge is 0.386 e. The lowest BCUT2D eigenvalue weighted by Crippen LogP contribution is -2.14. The average Bonchev–Trinajstić information content (AvgIpc) is 3.33. The van der Waals surface area contributed by atoms with Crippen molar-refractivity contribution in [3.05, 3.63) is 41.7 Å². The summed E-state index contributed by atoms with van der Waals surface area (Å²) in [7, 11) is -2.48. The normalized spacial score (nSPS) is 13.3. The third-order valence-electron chi connectivity index (χ3n) is 5.03. The molecule has 192 valence electrons. The molecule has 4 aromatic rings. The van der Waals surface area contributed by atoms with Crippen molar-refractivity contribution in [3.63, 3.8) is 0 Å². The maximum atomic E-state index is 13.1. The summed E-state index contributed by atoms with van der Waals surface area (Å²) in [6.45, 7) is -0.182. The summed E-state index contributed by atoms with van der Waals surface area (Å²) in [5.41, 5.74) is -0.865. The average molecular weight is 534 g/mol. The first-order valence-corrected chi connectivity index (χ1v) is 11.7. The summed E-state index contributed by atoms with van der Waals surface area (Å²) in [5.74, 6) is -0.362. The number of hydrogen-bond acceptors (Lipinski definition) is 7. The van der Waals surface area contributed by atoms with Gasteiger partial charge in [-0.3, -0.25) is 4.40 Å². The van der Waals surface area contributed by atoms with Crippen molar-refractivity contribution in [1.82, 2.24) is 23.9 Å². The van der Waals surface area contributed by atoms with Gasteiger partial charge in [0.1, 0.15) is 16.9 Å². The van der Waals surface area contributed by atoms with Crippen molar-refractivity contribution in [2.24, 2.45) is 12.2 Å². The molecule has 0 aliphatic heterocycles. The second-order valence-electron chi connectivity index (χ2n) is 7.54. The minimum absolute atomic E-state index is 0.0451. The maximum Gasteiger partial charge on any atom is 0.425 e. The third kappa shape index (κ3) is 4.84. The second kappa shape index (κ2) is 8.76. The Kier molecular flexibility index (Phi) is 6.18. The van der Waals surface area contributed by atoms with Gasteiger partial charge >= 0.3 is 12.4 Å². The SMILES string of the molecule is CCS(=O)(=O)c1c(-c2nc3cc(C(F)(F)F)cnc3n2C)nc2cc(/C=N/OCC(F)(F)F)ccn12. The van der Waals surface area contributed by atoms with E-state index in [0.717, 1.165) is 12.3 Å². The van der Waals surface area contributed by atoms with Crippen LogP contribution in [0.4, 0.5) is 26.3 Å². The van der Waals surface area contributed by atoms with Crippen LogP contribution in [0.2, 0.25) is 0 Å². The molecule has 0 saturated heterocycles. The number of alkyl halides is 6. The molecule has 0 amide bonds. The zero-order valence-electron chi connectivity index (χ0n) is 18.5. The Hall–Kier alpha value is -3.69. The summed E-state index contributed by atoms with van der Waals surface area (Å²) >= 11 is 0. The van der Waals surface area contributed by atoms with Crippen LogP contribution in [0.1, 0.15) is 18.1 Å². The van der Waals surface area contributed by atoms with Crippen LogP contribution in [-0.2, 0) is 27.9 Å². The van der Waals surface area contributed by atoms with E-state index in [-0.39, 0.29) is 44.7 Å². The number of pyridine rings is 2. The fraction of sp³-hybridized carbons (Fsp3) is 0.300. The third-order valence-corrected chi connectivity index (χ3v) is 6.77. The molecule has 0 spiro atoms. The number of halogens is 6. The van der Waals surface area contributed by atoms with E-state index in [1.807, 2.05) is 0 Å². The summed E-state index contributed by atoms with van der Waals surface area (Å²) in [6.07, 6.45) is -6.26. The Morgan fingerprint density at radius 1 is 1.14 bits per heavy atom. The second-order valence-corrected chi connectivity index (χ2v) is 9.73. The molecular weight excluding hydrogens is 518 g/mol. The number of hydrogen-bond donors (Lipinski definition) is 0. The van der Waals surface area contributed by atoms with Gasteiger partial charge in [0, 0.05) is 25.0 Å². The van der Waals surface area contributed by atoms with Crippen molar-refractivity contribution < 1.29 is 39.6 Å². The van der Waals surface area contributed by atoms with Gasteiger partial charge in [-0.2, -0.15) is 26.3 Å². The van der Waals surface area contributed by atoms with Crippen molar-refractivity contribution in [2.75, 3.05) is 12.4 Å². The van der Waals surface area contributed by atoms with Gasteiger partial charge in [0.05, 0.1) is 17.5 Å². The fourth-order valence-electron chi connectivity index (χ4n) is 3.35.